The first-order valence-corrected chi connectivity index (χ1v) is 5.18. The molecule has 80 valence electrons. The molecule has 0 aliphatic carbocycles. The molecule has 0 spiro atoms. The summed E-state index contributed by atoms with van der Waals surface area (Å²) in [4.78, 5) is 2.24. The van der Waals surface area contributed by atoms with Crippen molar-refractivity contribution in [2.24, 2.45) is 0 Å². The summed E-state index contributed by atoms with van der Waals surface area (Å²) >= 11 is 0. The fraction of sp³-hybridized carbons (Fsp3) is 0.667. The summed E-state index contributed by atoms with van der Waals surface area (Å²) in [6.07, 6.45) is 3.07. The van der Waals surface area contributed by atoms with Crippen molar-refractivity contribution in [1.82, 2.24) is 4.90 Å². The minimum atomic E-state index is -0.726. The van der Waals surface area contributed by atoms with Gasteiger partial charge in [0.25, 0.3) is 0 Å². The molecule has 0 atom stereocenters. The summed E-state index contributed by atoms with van der Waals surface area (Å²) < 4.78 is 0. The van der Waals surface area contributed by atoms with Gasteiger partial charge in [0.2, 0.25) is 0 Å². The first kappa shape index (κ1) is 11.3. The third-order valence-corrected chi connectivity index (χ3v) is 2.98. The Bertz CT molecular complexity index is 281. The van der Waals surface area contributed by atoms with Gasteiger partial charge in [0.1, 0.15) is 0 Å². The molecule has 0 saturated heterocycles. The van der Waals surface area contributed by atoms with E-state index in [0.29, 0.717) is 0 Å². The number of hydrogen-bond donors (Lipinski definition) is 1. The van der Waals surface area contributed by atoms with E-state index >= 15 is 0 Å². The maximum atomic E-state index is 10.0. The van der Waals surface area contributed by atoms with E-state index in [1.54, 1.807) is 0 Å². The van der Waals surface area contributed by atoms with E-state index in [-0.39, 0.29) is 0 Å². The summed E-state index contributed by atoms with van der Waals surface area (Å²) in [5, 5.41) is 10.0. The van der Waals surface area contributed by atoms with E-state index in [0.717, 1.165) is 18.5 Å². The Kier molecular flexibility index (Phi) is 3.05. The topological polar surface area (TPSA) is 23.5 Å². The molecule has 1 N–H and O–H groups in total. The van der Waals surface area contributed by atoms with Crippen molar-refractivity contribution in [1.29, 1.82) is 0 Å². The Morgan fingerprint density at radius 2 is 2.07 bits per heavy atom. The molecule has 0 unspecified atom stereocenters. The molecule has 1 rings (SSSR count). The minimum Gasteiger partial charge on any atom is -0.386 e. The van der Waals surface area contributed by atoms with Crippen molar-refractivity contribution >= 4 is 0 Å². The third-order valence-electron chi connectivity index (χ3n) is 2.98. The van der Waals surface area contributed by atoms with Crippen molar-refractivity contribution in [3.8, 4) is 0 Å². The first-order chi connectivity index (χ1) is 6.38. The summed E-state index contributed by atoms with van der Waals surface area (Å²) in [5.74, 6) is 0. The first-order valence-electron chi connectivity index (χ1n) is 5.18. The zero-order chi connectivity index (χ0) is 10.9. The SMILES string of the molecule is C/C=C(\C1=C(C)N(C)CC1)C(C)(C)O. The monoisotopic (exact) mass is 195 g/mol. The Balaban J connectivity index is 3.05. The van der Waals surface area contributed by atoms with E-state index in [1.165, 1.54) is 11.3 Å². The third kappa shape index (κ3) is 2.01. The molecule has 1 aliphatic heterocycles. The summed E-state index contributed by atoms with van der Waals surface area (Å²) in [6, 6.07) is 0. The van der Waals surface area contributed by atoms with Crippen LogP contribution in [0.15, 0.2) is 22.9 Å². The highest BCUT2D eigenvalue weighted by Gasteiger charge is 2.27. The predicted octanol–water partition coefficient (Wildman–Crippen LogP) is 2.31. The van der Waals surface area contributed by atoms with Crippen molar-refractivity contribution in [3.63, 3.8) is 0 Å². The second-order valence-electron chi connectivity index (χ2n) is 4.50. The molecule has 0 aromatic rings. The number of nitrogens with zero attached hydrogens (tertiary/aromatic N) is 1. The molecule has 0 radical (unpaired) electrons. The number of hydrogen-bond acceptors (Lipinski definition) is 2. The van der Waals surface area contributed by atoms with Crippen LogP contribution in [0.2, 0.25) is 0 Å². The molecule has 2 heteroatoms. The van der Waals surface area contributed by atoms with Crippen LogP contribution >= 0.6 is 0 Å². The van der Waals surface area contributed by atoms with Gasteiger partial charge in [-0.3, -0.25) is 0 Å². The van der Waals surface area contributed by atoms with Crippen molar-refractivity contribution in [2.45, 2.75) is 39.7 Å². The maximum absolute atomic E-state index is 10.0. The molecule has 0 amide bonds. The zero-order valence-corrected chi connectivity index (χ0v) is 9.89. The molecule has 0 aromatic carbocycles. The highest BCUT2D eigenvalue weighted by atomic mass is 16.3. The van der Waals surface area contributed by atoms with Gasteiger partial charge in [0.15, 0.2) is 0 Å². The molecule has 14 heavy (non-hydrogen) atoms. The van der Waals surface area contributed by atoms with Crippen LogP contribution in [0.25, 0.3) is 0 Å². The van der Waals surface area contributed by atoms with E-state index in [4.69, 9.17) is 0 Å². The highest BCUT2D eigenvalue weighted by Crippen LogP contribution is 2.32. The van der Waals surface area contributed by atoms with Gasteiger partial charge in [-0.25, -0.2) is 0 Å². The number of aliphatic hydroxyl groups is 1. The Hall–Kier alpha value is -0.760. The van der Waals surface area contributed by atoms with Gasteiger partial charge in [0, 0.05) is 19.3 Å². The quantitative estimate of drug-likeness (QED) is 0.731. The lowest BCUT2D eigenvalue weighted by atomic mass is 9.89. The Morgan fingerprint density at radius 3 is 2.36 bits per heavy atom. The molecule has 0 fully saturated rings. The molecule has 0 aromatic heterocycles. The van der Waals surface area contributed by atoms with Crippen LogP contribution in [0.1, 0.15) is 34.1 Å². The molecule has 0 saturated carbocycles. The van der Waals surface area contributed by atoms with Crippen molar-refractivity contribution in [3.05, 3.63) is 22.9 Å². The lowest BCUT2D eigenvalue weighted by Crippen LogP contribution is -2.23. The van der Waals surface area contributed by atoms with Crippen molar-refractivity contribution < 1.29 is 5.11 Å². The Morgan fingerprint density at radius 1 is 1.50 bits per heavy atom. The van der Waals surface area contributed by atoms with Gasteiger partial charge in [-0.2, -0.15) is 0 Å². The van der Waals surface area contributed by atoms with Gasteiger partial charge in [-0.15, -0.1) is 0 Å². The van der Waals surface area contributed by atoms with E-state index in [2.05, 4.69) is 18.9 Å². The molecular weight excluding hydrogens is 174 g/mol. The van der Waals surface area contributed by atoms with Gasteiger partial charge < -0.3 is 10.0 Å². The summed E-state index contributed by atoms with van der Waals surface area (Å²) in [5.41, 5.74) is 2.94. The van der Waals surface area contributed by atoms with Crippen LogP contribution in [-0.2, 0) is 0 Å². The average Bonchev–Trinajstić information content (AvgIpc) is 2.35. The number of rotatable bonds is 2. The molecular formula is C12H21NO. The summed E-state index contributed by atoms with van der Waals surface area (Å²) in [7, 11) is 2.10. The second-order valence-corrected chi connectivity index (χ2v) is 4.50. The molecule has 2 nitrogen and oxygen atoms in total. The van der Waals surface area contributed by atoms with E-state index < -0.39 is 5.60 Å². The van der Waals surface area contributed by atoms with Gasteiger partial charge >= 0.3 is 0 Å². The molecule has 1 heterocycles. The number of allylic oxidation sites excluding steroid dienone is 2. The van der Waals surface area contributed by atoms with E-state index in [9.17, 15) is 5.11 Å². The smallest absolute Gasteiger partial charge is 0.0840 e. The van der Waals surface area contributed by atoms with Crippen LogP contribution in [0.3, 0.4) is 0 Å². The maximum Gasteiger partial charge on any atom is 0.0840 e. The standard InChI is InChI=1S/C12H21NO/c1-6-11(12(3,4)14)10-7-8-13(5)9(10)2/h6,14H,7-8H2,1-5H3/b11-6+. The lowest BCUT2D eigenvalue weighted by molar-refractivity contribution is 0.121. The minimum absolute atomic E-state index is 0.726. The summed E-state index contributed by atoms with van der Waals surface area (Å²) in [6.45, 7) is 8.87. The fourth-order valence-corrected chi connectivity index (χ4v) is 2.08. The normalized spacial score (nSPS) is 19.6. The molecule has 0 bridgehead atoms. The Labute approximate surface area is 86.9 Å². The fourth-order valence-electron chi connectivity index (χ4n) is 2.08. The van der Waals surface area contributed by atoms with Crippen molar-refractivity contribution in [2.75, 3.05) is 13.6 Å². The highest BCUT2D eigenvalue weighted by molar-refractivity contribution is 5.41. The average molecular weight is 195 g/mol. The van der Waals surface area contributed by atoms with Gasteiger partial charge in [-0.05, 0) is 45.3 Å². The molecule has 1 aliphatic rings. The van der Waals surface area contributed by atoms with Crippen LogP contribution < -0.4 is 0 Å². The van der Waals surface area contributed by atoms with Gasteiger partial charge in [0.05, 0.1) is 5.60 Å². The van der Waals surface area contributed by atoms with Crippen LogP contribution in [0, 0.1) is 0 Å². The largest absolute Gasteiger partial charge is 0.386 e. The lowest BCUT2D eigenvalue weighted by Gasteiger charge is -2.23. The van der Waals surface area contributed by atoms with E-state index in [1.807, 2.05) is 26.8 Å². The zero-order valence-electron chi connectivity index (χ0n) is 9.89. The van der Waals surface area contributed by atoms with Crippen LogP contribution in [0.4, 0.5) is 0 Å². The van der Waals surface area contributed by atoms with Crippen LogP contribution in [0.5, 0.6) is 0 Å². The van der Waals surface area contributed by atoms with Gasteiger partial charge in [-0.1, -0.05) is 6.08 Å². The second kappa shape index (κ2) is 3.77. The van der Waals surface area contributed by atoms with Crippen LogP contribution in [-0.4, -0.2) is 29.2 Å². The predicted molar refractivity (Wildman–Crippen MR) is 60.0 cm³/mol.